The van der Waals surface area contributed by atoms with Gasteiger partial charge in [0.1, 0.15) is 11.5 Å². The molecule has 4 rings (SSSR count). The number of likely N-dealkylation sites (tertiary alicyclic amines) is 1. The monoisotopic (exact) mass is 466 g/mol. The van der Waals surface area contributed by atoms with Crippen molar-refractivity contribution < 1.29 is 9.47 Å². The van der Waals surface area contributed by atoms with Crippen LogP contribution in [0.3, 0.4) is 0 Å². The van der Waals surface area contributed by atoms with E-state index in [1.165, 1.54) is 22.3 Å². The second kappa shape index (κ2) is 9.48. The molecule has 4 nitrogen and oxygen atoms in total. The minimum atomic E-state index is -0.317. The molecule has 31 heavy (non-hydrogen) atoms. The number of hydrogen-bond donors (Lipinski definition) is 1. The second-order valence-corrected chi connectivity index (χ2v) is 8.94. The first kappa shape index (κ1) is 25.6. The number of nitrogens with zero attached hydrogens (tertiary/aromatic N) is 1. The Labute approximate surface area is 199 Å². The van der Waals surface area contributed by atoms with Crippen molar-refractivity contribution in [1.29, 1.82) is 0 Å². The van der Waals surface area contributed by atoms with Crippen molar-refractivity contribution in [2.75, 3.05) is 25.9 Å². The van der Waals surface area contributed by atoms with Crippen LogP contribution in [0, 0.1) is 20.8 Å². The SMILES string of the molecule is COc1ccc(C2CCN([C@@]3(C)Oc4c(C)c(C)c(N)c(C)c4C3C)CC2)cc1.Cl.Cl. The number of fused-ring (bicyclic) bond motifs is 1. The summed E-state index contributed by atoms with van der Waals surface area (Å²) in [5, 5.41) is 0. The molecule has 2 aromatic carbocycles. The van der Waals surface area contributed by atoms with Crippen molar-refractivity contribution in [1.82, 2.24) is 4.90 Å². The Balaban J connectivity index is 0.00000171. The third-order valence-electron chi connectivity index (χ3n) is 7.61. The van der Waals surface area contributed by atoms with Crippen LogP contribution in [-0.4, -0.2) is 30.8 Å². The summed E-state index contributed by atoms with van der Waals surface area (Å²) in [5.74, 6) is 2.87. The van der Waals surface area contributed by atoms with E-state index in [4.69, 9.17) is 15.2 Å². The number of hydrogen-bond acceptors (Lipinski definition) is 4. The lowest BCUT2D eigenvalue weighted by Crippen LogP contribution is -2.54. The molecule has 172 valence electrons. The van der Waals surface area contributed by atoms with E-state index in [0.29, 0.717) is 5.92 Å². The zero-order valence-electron chi connectivity index (χ0n) is 19.5. The van der Waals surface area contributed by atoms with Crippen LogP contribution in [0.5, 0.6) is 11.5 Å². The maximum absolute atomic E-state index is 6.72. The average molecular weight is 467 g/mol. The third-order valence-corrected chi connectivity index (χ3v) is 7.61. The van der Waals surface area contributed by atoms with Crippen molar-refractivity contribution in [2.24, 2.45) is 0 Å². The summed E-state index contributed by atoms with van der Waals surface area (Å²) >= 11 is 0. The largest absolute Gasteiger partial charge is 0.497 e. The maximum atomic E-state index is 6.72. The summed E-state index contributed by atoms with van der Waals surface area (Å²) in [6.45, 7) is 13.0. The molecule has 0 radical (unpaired) electrons. The summed E-state index contributed by atoms with van der Waals surface area (Å²) < 4.78 is 12.0. The van der Waals surface area contributed by atoms with E-state index >= 15 is 0 Å². The van der Waals surface area contributed by atoms with Gasteiger partial charge in [0.05, 0.1) is 7.11 Å². The van der Waals surface area contributed by atoms with Gasteiger partial charge in [-0.05, 0) is 80.8 Å². The molecule has 2 heterocycles. The predicted molar refractivity (Wildman–Crippen MR) is 134 cm³/mol. The van der Waals surface area contributed by atoms with E-state index in [9.17, 15) is 0 Å². The smallest absolute Gasteiger partial charge is 0.167 e. The molecule has 0 bridgehead atoms. The topological polar surface area (TPSA) is 47.7 Å². The standard InChI is InChI=1S/C25H34N2O2.2ClH/c1-15-16(2)24-22(17(3)23(15)26)18(4)25(5,29-24)27-13-11-20(12-14-27)19-7-9-21(28-6)10-8-19;;/h7-10,18,20H,11-14,26H2,1-6H3;2*1H/t18?,25-;;/m0../s1. The van der Waals surface area contributed by atoms with Gasteiger partial charge in [-0.2, -0.15) is 0 Å². The summed E-state index contributed by atoms with van der Waals surface area (Å²) in [7, 11) is 1.72. The molecule has 1 saturated heterocycles. The molecule has 0 aliphatic carbocycles. The molecule has 2 aliphatic heterocycles. The first-order valence-electron chi connectivity index (χ1n) is 10.7. The second-order valence-electron chi connectivity index (χ2n) is 8.94. The number of ether oxygens (including phenoxy) is 2. The molecular weight excluding hydrogens is 431 g/mol. The quantitative estimate of drug-likeness (QED) is 0.551. The van der Waals surface area contributed by atoms with Crippen LogP contribution in [0.2, 0.25) is 0 Å². The number of nitrogens with two attached hydrogens (primary N) is 1. The lowest BCUT2D eigenvalue weighted by molar-refractivity contribution is -0.0811. The highest BCUT2D eigenvalue weighted by molar-refractivity contribution is 5.85. The zero-order valence-corrected chi connectivity index (χ0v) is 21.1. The number of piperidine rings is 1. The van der Waals surface area contributed by atoms with Gasteiger partial charge in [-0.25, -0.2) is 0 Å². The first-order valence-corrected chi connectivity index (χ1v) is 10.7. The van der Waals surface area contributed by atoms with Crippen LogP contribution in [0.25, 0.3) is 0 Å². The van der Waals surface area contributed by atoms with Crippen molar-refractivity contribution in [2.45, 2.75) is 65.0 Å². The van der Waals surface area contributed by atoms with Crippen molar-refractivity contribution in [3.8, 4) is 11.5 Å². The highest BCUT2D eigenvalue weighted by Crippen LogP contribution is 2.52. The van der Waals surface area contributed by atoms with Crippen molar-refractivity contribution in [3.05, 3.63) is 52.1 Å². The molecule has 1 fully saturated rings. The highest BCUT2D eigenvalue weighted by atomic mass is 35.5. The van der Waals surface area contributed by atoms with Crippen molar-refractivity contribution >= 4 is 30.5 Å². The molecule has 0 amide bonds. The van der Waals surface area contributed by atoms with E-state index in [2.05, 4.69) is 63.8 Å². The lowest BCUT2D eigenvalue weighted by atomic mass is 9.84. The fourth-order valence-corrected chi connectivity index (χ4v) is 5.26. The first-order chi connectivity index (χ1) is 13.8. The zero-order chi connectivity index (χ0) is 20.9. The number of nitrogen functional groups attached to an aromatic ring is 1. The number of anilines is 1. The molecular formula is C25H36Cl2N2O2. The molecule has 2 atom stereocenters. The molecule has 2 N–H and O–H groups in total. The van der Waals surface area contributed by atoms with Gasteiger partial charge in [-0.3, -0.25) is 4.90 Å². The average Bonchev–Trinajstić information content (AvgIpc) is 3.03. The van der Waals surface area contributed by atoms with E-state index in [1.807, 2.05) is 0 Å². The van der Waals surface area contributed by atoms with E-state index in [1.54, 1.807) is 7.11 Å². The van der Waals surface area contributed by atoms with Gasteiger partial charge in [0.15, 0.2) is 5.72 Å². The highest BCUT2D eigenvalue weighted by Gasteiger charge is 2.49. The lowest BCUT2D eigenvalue weighted by Gasteiger charge is -2.44. The number of benzene rings is 2. The molecule has 2 aromatic rings. The Morgan fingerprint density at radius 2 is 1.58 bits per heavy atom. The van der Waals surface area contributed by atoms with Crippen molar-refractivity contribution in [3.63, 3.8) is 0 Å². The molecule has 0 saturated carbocycles. The fraction of sp³-hybridized carbons (Fsp3) is 0.520. The van der Waals surface area contributed by atoms with Gasteiger partial charge in [0.2, 0.25) is 0 Å². The number of halogens is 2. The van der Waals surface area contributed by atoms with E-state index < -0.39 is 0 Å². The summed E-state index contributed by atoms with van der Waals surface area (Å²) in [5.41, 5.74) is 13.2. The minimum Gasteiger partial charge on any atom is -0.497 e. The van der Waals surface area contributed by atoms with Gasteiger partial charge in [0.25, 0.3) is 0 Å². The molecule has 6 heteroatoms. The van der Waals surface area contributed by atoms with Gasteiger partial charge >= 0.3 is 0 Å². The van der Waals surface area contributed by atoms with E-state index in [0.717, 1.165) is 48.7 Å². The van der Waals surface area contributed by atoms with Crippen LogP contribution in [-0.2, 0) is 0 Å². The molecule has 0 aromatic heterocycles. The third kappa shape index (κ3) is 4.10. The molecule has 1 unspecified atom stereocenters. The Morgan fingerprint density at radius 3 is 2.13 bits per heavy atom. The van der Waals surface area contributed by atoms with Crippen LogP contribution in [0.4, 0.5) is 5.69 Å². The molecule has 2 aliphatic rings. The van der Waals surface area contributed by atoms with Gasteiger partial charge < -0.3 is 15.2 Å². The summed E-state index contributed by atoms with van der Waals surface area (Å²) in [4.78, 5) is 2.54. The van der Waals surface area contributed by atoms with Crippen LogP contribution >= 0.6 is 24.8 Å². The minimum absolute atomic E-state index is 0. The van der Waals surface area contributed by atoms with E-state index in [-0.39, 0.29) is 36.5 Å². The Bertz CT molecular complexity index is 924. The normalized spacial score (nSPS) is 23.4. The Hall–Kier alpha value is -1.62. The fourth-order valence-electron chi connectivity index (χ4n) is 5.26. The number of rotatable bonds is 3. The van der Waals surface area contributed by atoms with Crippen LogP contribution < -0.4 is 15.2 Å². The predicted octanol–water partition coefficient (Wildman–Crippen LogP) is 6.14. The maximum Gasteiger partial charge on any atom is 0.167 e. The van der Waals surface area contributed by atoms with Gasteiger partial charge in [0, 0.05) is 30.3 Å². The Morgan fingerprint density at radius 1 is 1.00 bits per heavy atom. The van der Waals surface area contributed by atoms with Crippen LogP contribution in [0.1, 0.15) is 66.3 Å². The Kier molecular flexibility index (Phi) is 7.84. The summed E-state index contributed by atoms with van der Waals surface area (Å²) in [6, 6.07) is 8.56. The number of methoxy groups -OCH3 is 1. The summed E-state index contributed by atoms with van der Waals surface area (Å²) in [6.07, 6.45) is 2.29. The molecule has 0 spiro atoms. The van der Waals surface area contributed by atoms with Gasteiger partial charge in [-0.1, -0.05) is 19.1 Å². The van der Waals surface area contributed by atoms with Gasteiger partial charge in [-0.15, -0.1) is 24.8 Å². The van der Waals surface area contributed by atoms with Crippen LogP contribution in [0.15, 0.2) is 24.3 Å².